The van der Waals surface area contributed by atoms with Crippen molar-refractivity contribution in [1.82, 2.24) is 20.0 Å². The van der Waals surface area contributed by atoms with Crippen LogP contribution in [0.15, 0.2) is 0 Å². The summed E-state index contributed by atoms with van der Waals surface area (Å²) in [6.45, 7) is 6.89. The third-order valence-electron chi connectivity index (χ3n) is 6.20. The van der Waals surface area contributed by atoms with E-state index in [-0.39, 0.29) is 18.0 Å². The van der Waals surface area contributed by atoms with Gasteiger partial charge in [0.25, 0.3) is 0 Å². The van der Waals surface area contributed by atoms with Gasteiger partial charge in [0.15, 0.2) is 0 Å². The number of hydrogen-bond donors (Lipinski definition) is 1. The van der Waals surface area contributed by atoms with Crippen LogP contribution in [0.4, 0.5) is 4.79 Å². The Kier molecular flexibility index (Phi) is 4.19. The molecule has 1 saturated carbocycles. The Labute approximate surface area is 144 Å². The Balaban J connectivity index is 1.34. The van der Waals surface area contributed by atoms with Crippen molar-refractivity contribution < 1.29 is 9.59 Å². The Morgan fingerprint density at radius 2 is 1.75 bits per heavy atom. The molecule has 3 heterocycles. The maximum absolute atomic E-state index is 12.7. The van der Waals surface area contributed by atoms with Gasteiger partial charge in [-0.2, -0.15) is 0 Å². The third-order valence-corrected chi connectivity index (χ3v) is 6.20. The Morgan fingerprint density at radius 3 is 2.46 bits per heavy atom. The second-order valence-corrected chi connectivity index (χ2v) is 8.29. The average molecular weight is 334 g/mol. The molecular formula is C18H30N4O2. The number of carbonyl (C=O) groups excluding carboxylic acids is 2. The summed E-state index contributed by atoms with van der Waals surface area (Å²) in [7, 11) is 0. The molecule has 3 saturated heterocycles. The quantitative estimate of drug-likeness (QED) is 0.849. The summed E-state index contributed by atoms with van der Waals surface area (Å²) in [4.78, 5) is 31.4. The second-order valence-electron chi connectivity index (χ2n) is 8.29. The normalized spacial score (nSPS) is 34.1. The summed E-state index contributed by atoms with van der Waals surface area (Å²) >= 11 is 0. The van der Waals surface area contributed by atoms with Gasteiger partial charge in [-0.25, -0.2) is 4.79 Å². The number of carbonyl (C=O) groups is 2. The van der Waals surface area contributed by atoms with E-state index in [9.17, 15) is 9.59 Å². The fourth-order valence-corrected chi connectivity index (χ4v) is 4.97. The van der Waals surface area contributed by atoms with Gasteiger partial charge in [-0.05, 0) is 46.0 Å². The van der Waals surface area contributed by atoms with Crippen molar-refractivity contribution in [2.24, 2.45) is 0 Å². The first-order chi connectivity index (χ1) is 11.5. The first-order valence-electron chi connectivity index (χ1n) is 9.65. The van der Waals surface area contributed by atoms with Crippen molar-refractivity contribution in [2.45, 2.75) is 82.6 Å². The number of hydrogen-bond acceptors (Lipinski definition) is 3. The van der Waals surface area contributed by atoms with Crippen LogP contribution >= 0.6 is 0 Å². The van der Waals surface area contributed by atoms with E-state index >= 15 is 0 Å². The van der Waals surface area contributed by atoms with E-state index in [1.807, 2.05) is 9.80 Å². The van der Waals surface area contributed by atoms with Crippen LogP contribution in [0.1, 0.15) is 52.4 Å². The van der Waals surface area contributed by atoms with Crippen LogP contribution in [0, 0.1) is 0 Å². The standard InChI is InChI=1S/C18H30N4O2/c1-12(2)22-15-5-6-16(22)11-20(8-7-15)18(24)19-13-9-17(23)21(10-13)14-3-4-14/h12-16H,3-11H2,1-2H3,(H,19,24)/t13-,15+,16+/m1/s1. The van der Waals surface area contributed by atoms with Crippen LogP contribution in [0.5, 0.6) is 0 Å². The number of rotatable bonds is 3. The molecule has 0 aromatic heterocycles. The third kappa shape index (κ3) is 3.01. The zero-order valence-electron chi connectivity index (χ0n) is 14.9. The molecule has 4 rings (SSSR count). The van der Waals surface area contributed by atoms with E-state index < -0.39 is 0 Å². The van der Waals surface area contributed by atoms with E-state index in [1.54, 1.807) is 0 Å². The van der Waals surface area contributed by atoms with Gasteiger partial charge < -0.3 is 15.1 Å². The molecule has 134 valence electrons. The second kappa shape index (κ2) is 6.21. The highest BCUT2D eigenvalue weighted by molar-refractivity contribution is 5.82. The van der Waals surface area contributed by atoms with Crippen molar-refractivity contribution in [3.8, 4) is 0 Å². The maximum atomic E-state index is 12.7. The van der Waals surface area contributed by atoms with Crippen LogP contribution in [-0.4, -0.2) is 76.5 Å². The molecule has 0 aromatic carbocycles. The minimum absolute atomic E-state index is 0.00718. The van der Waals surface area contributed by atoms with Gasteiger partial charge in [-0.15, -0.1) is 0 Å². The molecule has 24 heavy (non-hydrogen) atoms. The number of nitrogens with zero attached hydrogens (tertiary/aromatic N) is 3. The topological polar surface area (TPSA) is 55.9 Å². The predicted molar refractivity (Wildman–Crippen MR) is 91.6 cm³/mol. The predicted octanol–water partition coefficient (Wildman–Crippen LogP) is 1.41. The van der Waals surface area contributed by atoms with Crippen molar-refractivity contribution in [3.63, 3.8) is 0 Å². The molecule has 1 N–H and O–H groups in total. The van der Waals surface area contributed by atoms with E-state index in [2.05, 4.69) is 24.1 Å². The molecular weight excluding hydrogens is 304 g/mol. The number of likely N-dealkylation sites (tertiary alicyclic amines) is 2. The molecule has 0 radical (unpaired) electrons. The fraction of sp³-hybridized carbons (Fsp3) is 0.889. The van der Waals surface area contributed by atoms with E-state index in [4.69, 9.17) is 0 Å². The maximum Gasteiger partial charge on any atom is 0.317 e. The number of urea groups is 1. The highest BCUT2D eigenvalue weighted by atomic mass is 16.2. The highest BCUT2D eigenvalue weighted by Gasteiger charge is 2.42. The van der Waals surface area contributed by atoms with Crippen LogP contribution in [0.2, 0.25) is 0 Å². The van der Waals surface area contributed by atoms with Gasteiger partial charge in [-0.3, -0.25) is 9.69 Å². The van der Waals surface area contributed by atoms with E-state index in [0.29, 0.717) is 37.1 Å². The van der Waals surface area contributed by atoms with Crippen molar-refractivity contribution in [2.75, 3.05) is 19.6 Å². The molecule has 4 aliphatic rings. The largest absolute Gasteiger partial charge is 0.338 e. The summed E-state index contributed by atoms with van der Waals surface area (Å²) < 4.78 is 0. The van der Waals surface area contributed by atoms with Gasteiger partial charge in [-0.1, -0.05) is 0 Å². The van der Waals surface area contributed by atoms with Crippen molar-refractivity contribution >= 4 is 11.9 Å². The van der Waals surface area contributed by atoms with Gasteiger partial charge in [0.2, 0.25) is 5.91 Å². The lowest BCUT2D eigenvalue weighted by molar-refractivity contribution is -0.128. The SMILES string of the molecule is CC(C)N1[C@H]2CC[C@H]1CN(C(=O)N[C@@H]1CC(=O)N(C3CC3)C1)CC2. The van der Waals surface area contributed by atoms with Crippen LogP contribution in [0.3, 0.4) is 0 Å². The molecule has 3 atom stereocenters. The summed E-state index contributed by atoms with van der Waals surface area (Å²) in [5.74, 6) is 0.212. The molecule has 0 unspecified atom stereocenters. The van der Waals surface area contributed by atoms with Crippen LogP contribution in [-0.2, 0) is 4.79 Å². The van der Waals surface area contributed by atoms with Gasteiger partial charge in [0.05, 0.1) is 6.04 Å². The summed E-state index contributed by atoms with van der Waals surface area (Å²) in [5, 5.41) is 3.13. The summed E-state index contributed by atoms with van der Waals surface area (Å²) in [5.41, 5.74) is 0. The van der Waals surface area contributed by atoms with Crippen LogP contribution in [0.25, 0.3) is 0 Å². The fourth-order valence-electron chi connectivity index (χ4n) is 4.97. The molecule has 6 heteroatoms. The van der Waals surface area contributed by atoms with E-state index in [1.165, 1.54) is 12.8 Å². The van der Waals surface area contributed by atoms with E-state index in [0.717, 1.165) is 32.4 Å². The molecule has 1 aliphatic carbocycles. The lowest BCUT2D eigenvalue weighted by Crippen LogP contribution is -2.49. The number of fused-ring (bicyclic) bond motifs is 2. The number of amides is 3. The molecule has 3 amide bonds. The van der Waals surface area contributed by atoms with Crippen LogP contribution < -0.4 is 5.32 Å². The monoisotopic (exact) mass is 334 g/mol. The zero-order chi connectivity index (χ0) is 16.8. The molecule has 6 nitrogen and oxygen atoms in total. The minimum Gasteiger partial charge on any atom is -0.338 e. The first-order valence-corrected chi connectivity index (χ1v) is 9.65. The van der Waals surface area contributed by atoms with Gasteiger partial charge >= 0.3 is 6.03 Å². The molecule has 0 aromatic rings. The molecule has 3 aliphatic heterocycles. The zero-order valence-corrected chi connectivity index (χ0v) is 14.9. The first kappa shape index (κ1) is 16.2. The lowest BCUT2D eigenvalue weighted by atomic mass is 10.1. The Morgan fingerprint density at radius 1 is 1.04 bits per heavy atom. The average Bonchev–Trinajstić information content (AvgIpc) is 3.21. The molecule has 2 bridgehead atoms. The summed E-state index contributed by atoms with van der Waals surface area (Å²) in [6, 6.07) is 2.15. The van der Waals surface area contributed by atoms with Crippen molar-refractivity contribution in [3.05, 3.63) is 0 Å². The smallest absolute Gasteiger partial charge is 0.317 e. The highest BCUT2D eigenvalue weighted by Crippen LogP contribution is 2.33. The minimum atomic E-state index is -0.00718. The van der Waals surface area contributed by atoms with Gasteiger partial charge in [0, 0.05) is 50.2 Å². The van der Waals surface area contributed by atoms with Crippen molar-refractivity contribution in [1.29, 1.82) is 0 Å². The Bertz CT molecular complexity index is 519. The van der Waals surface area contributed by atoms with Gasteiger partial charge in [0.1, 0.15) is 0 Å². The number of nitrogens with one attached hydrogen (secondary N) is 1. The lowest BCUT2D eigenvalue weighted by Gasteiger charge is -2.32. The Hall–Kier alpha value is -1.30. The molecule has 4 fully saturated rings. The summed E-state index contributed by atoms with van der Waals surface area (Å²) in [6.07, 6.45) is 6.27. The molecule has 0 spiro atoms.